The third-order valence-electron chi connectivity index (χ3n) is 4.74. The molecule has 0 N–H and O–H groups in total. The number of ether oxygens (including phenoxy) is 2. The number of fused-ring (bicyclic) bond motifs is 1. The maximum atomic E-state index is 12.8. The van der Waals surface area contributed by atoms with Crippen molar-refractivity contribution < 1.29 is 14.3 Å². The molecule has 4 atom stereocenters. The Hall–Kier alpha value is -1.35. The van der Waals surface area contributed by atoms with Crippen molar-refractivity contribution in [1.29, 1.82) is 0 Å². The Labute approximate surface area is 120 Å². The molecule has 2 aliphatic rings. The molecule has 0 spiro atoms. The fourth-order valence-electron chi connectivity index (χ4n) is 3.42. The zero-order valence-corrected chi connectivity index (χ0v) is 12.4. The molecule has 4 unspecified atom stereocenters. The molecular formula is C17H22O3. The standard InChI is InChI=1S/C17H22O3/c1-10-11(2)20-12(3)16(10)17(18)14-6-7-15-13(9-14)5-4-8-19-15/h6-7,9-12,16H,4-5,8H2,1-3H3. The molecule has 0 aromatic heterocycles. The Kier molecular flexibility index (Phi) is 3.55. The van der Waals surface area contributed by atoms with Crippen molar-refractivity contribution in [2.45, 2.75) is 45.8 Å². The van der Waals surface area contributed by atoms with Crippen molar-refractivity contribution in [2.75, 3.05) is 6.61 Å². The highest BCUT2D eigenvalue weighted by Crippen LogP contribution is 2.35. The third kappa shape index (κ3) is 2.24. The van der Waals surface area contributed by atoms with Crippen molar-refractivity contribution in [3.05, 3.63) is 29.3 Å². The highest BCUT2D eigenvalue weighted by molar-refractivity contribution is 5.99. The van der Waals surface area contributed by atoms with Gasteiger partial charge in [-0.3, -0.25) is 4.79 Å². The number of hydrogen-bond acceptors (Lipinski definition) is 3. The maximum Gasteiger partial charge on any atom is 0.168 e. The summed E-state index contributed by atoms with van der Waals surface area (Å²) in [6, 6.07) is 5.85. The van der Waals surface area contributed by atoms with E-state index >= 15 is 0 Å². The van der Waals surface area contributed by atoms with Crippen LogP contribution in [0.4, 0.5) is 0 Å². The SMILES string of the molecule is CC1OC(C)C(C(=O)c2ccc3c(c2)CCCO3)C1C. The van der Waals surface area contributed by atoms with Crippen molar-refractivity contribution in [3.8, 4) is 5.75 Å². The molecule has 0 bridgehead atoms. The molecule has 108 valence electrons. The van der Waals surface area contributed by atoms with Crippen LogP contribution >= 0.6 is 0 Å². The number of carbonyl (C=O) groups is 1. The van der Waals surface area contributed by atoms with E-state index in [0.29, 0.717) is 0 Å². The summed E-state index contributed by atoms with van der Waals surface area (Å²) in [5.74, 6) is 1.38. The van der Waals surface area contributed by atoms with Gasteiger partial charge in [-0.2, -0.15) is 0 Å². The van der Waals surface area contributed by atoms with Gasteiger partial charge < -0.3 is 9.47 Å². The van der Waals surface area contributed by atoms with Gasteiger partial charge in [0, 0.05) is 5.56 Å². The van der Waals surface area contributed by atoms with E-state index in [-0.39, 0.29) is 29.8 Å². The fraction of sp³-hybridized carbons (Fsp3) is 0.588. The Morgan fingerprint density at radius 2 is 2.00 bits per heavy atom. The van der Waals surface area contributed by atoms with Gasteiger partial charge in [0.05, 0.1) is 24.7 Å². The molecule has 0 radical (unpaired) electrons. The van der Waals surface area contributed by atoms with Crippen LogP contribution in [-0.2, 0) is 11.2 Å². The molecule has 1 fully saturated rings. The molecule has 3 nitrogen and oxygen atoms in total. The summed E-state index contributed by atoms with van der Waals surface area (Å²) in [5.41, 5.74) is 1.96. The molecule has 1 saturated heterocycles. The van der Waals surface area contributed by atoms with Gasteiger partial charge in [-0.25, -0.2) is 0 Å². The molecule has 3 heteroatoms. The quantitative estimate of drug-likeness (QED) is 0.777. The number of carbonyl (C=O) groups excluding carboxylic acids is 1. The van der Waals surface area contributed by atoms with Crippen LogP contribution in [0.3, 0.4) is 0 Å². The minimum Gasteiger partial charge on any atom is -0.493 e. The lowest BCUT2D eigenvalue weighted by atomic mass is 9.83. The number of aryl methyl sites for hydroxylation is 1. The minimum absolute atomic E-state index is 0.000202. The van der Waals surface area contributed by atoms with Crippen molar-refractivity contribution >= 4 is 5.78 Å². The Morgan fingerprint density at radius 1 is 1.20 bits per heavy atom. The molecule has 1 aromatic carbocycles. The normalized spacial score (nSPS) is 32.5. The summed E-state index contributed by atoms with van der Waals surface area (Å²) in [5, 5.41) is 0. The van der Waals surface area contributed by atoms with E-state index in [4.69, 9.17) is 9.47 Å². The highest BCUT2D eigenvalue weighted by atomic mass is 16.5. The van der Waals surface area contributed by atoms with E-state index in [2.05, 4.69) is 13.8 Å². The van der Waals surface area contributed by atoms with E-state index in [1.165, 1.54) is 0 Å². The van der Waals surface area contributed by atoms with Gasteiger partial charge in [0.15, 0.2) is 5.78 Å². The van der Waals surface area contributed by atoms with E-state index in [1.807, 2.05) is 25.1 Å². The van der Waals surface area contributed by atoms with Gasteiger partial charge in [-0.05, 0) is 56.4 Å². The van der Waals surface area contributed by atoms with Gasteiger partial charge in [0.2, 0.25) is 0 Å². The number of ketones is 1. The summed E-state index contributed by atoms with van der Waals surface area (Å²) >= 11 is 0. The summed E-state index contributed by atoms with van der Waals surface area (Å²) in [4.78, 5) is 12.8. The van der Waals surface area contributed by atoms with Crippen molar-refractivity contribution in [1.82, 2.24) is 0 Å². The summed E-state index contributed by atoms with van der Waals surface area (Å²) in [6.45, 7) is 6.94. The second-order valence-electron chi connectivity index (χ2n) is 6.07. The molecule has 3 rings (SSSR count). The van der Waals surface area contributed by atoms with Gasteiger partial charge in [0.25, 0.3) is 0 Å². The monoisotopic (exact) mass is 274 g/mol. The van der Waals surface area contributed by atoms with E-state index in [1.54, 1.807) is 0 Å². The summed E-state index contributed by atoms with van der Waals surface area (Å²) < 4.78 is 11.4. The van der Waals surface area contributed by atoms with Crippen LogP contribution in [0.2, 0.25) is 0 Å². The summed E-state index contributed by atoms with van der Waals surface area (Å²) in [7, 11) is 0. The van der Waals surface area contributed by atoms with Crippen LogP contribution in [0.25, 0.3) is 0 Å². The molecule has 2 heterocycles. The van der Waals surface area contributed by atoms with Crippen molar-refractivity contribution in [3.63, 3.8) is 0 Å². The van der Waals surface area contributed by atoms with Crippen LogP contribution in [0, 0.1) is 11.8 Å². The summed E-state index contributed by atoms with van der Waals surface area (Å²) in [6.07, 6.45) is 2.18. The van der Waals surface area contributed by atoms with Gasteiger partial charge >= 0.3 is 0 Å². The molecule has 20 heavy (non-hydrogen) atoms. The van der Waals surface area contributed by atoms with Crippen LogP contribution < -0.4 is 4.74 Å². The second-order valence-corrected chi connectivity index (χ2v) is 6.07. The smallest absolute Gasteiger partial charge is 0.168 e. The molecular weight excluding hydrogens is 252 g/mol. The lowest BCUT2D eigenvalue weighted by Gasteiger charge is -2.20. The first kappa shape index (κ1) is 13.6. The largest absolute Gasteiger partial charge is 0.493 e. The van der Waals surface area contributed by atoms with Crippen molar-refractivity contribution in [2.24, 2.45) is 11.8 Å². The Balaban J connectivity index is 1.87. The first-order valence-electron chi connectivity index (χ1n) is 7.53. The Bertz CT molecular complexity index is 523. The van der Waals surface area contributed by atoms with E-state index in [0.717, 1.165) is 36.3 Å². The van der Waals surface area contributed by atoms with Crippen LogP contribution in [-0.4, -0.2) is 24.6 Å². The lowest BCUT2D eigenvalue weighted by Crippen LogP contribution is -2.27. The third-order valence-corrected chi connectivity index (χ3v) is 4.74. The maximum absolute atomic E-state index is 12.8. The first-order valence-corrected chi connectivity index (χ1v) is 7.53. The minimum atomic E-state index is -0.0347. The van der Waals surface area contributed by atoms with Crippen LogP contribution in [0.1, 0.15) is 43.1 Å². The lowest BCUT2D eigenvalue weighted by molar-refractivity contribution is 0.0491. The average Bonchev–Trinajstić information content (AvgIpc) is 2.71. The second kappa shape index (κ2) is 5.21. The average molecular weight is 274 g/mol. The van der Waals surface area contributed by atoms with Crippen LogP contribution in [0.5, 0.6) is 5.75 Å². The van der Waals surface area contributed by atoms with E-state index < -0.39 is 0 Å². The number of benzene rings is 1. The number of Topliss-reactive ketones (excluding diaryl/α,β-unsaturated/α-hetero) is 1. The molecule has 0 amide bonds. The predicted octanol–water partition coefficient (Wildman–Crippen LogP) is 3.25. The Morgan fingerprint density at radius 3 is 2.70 bits per heavy atom. The molecule has 0 saturated carbocycles. The van der Waals surface area contributed by atoms with Gasteiger partial charge in [0.1, 0.15) is 5.75 Å². The zero-order valence-electron chi connectivity index (χ0n) is 12.4. The highest BCUT2D eigenvalue weighted by Gasteiger charge is 2.41. The van der Waals surface area contributed by atoms with Gasteiger partial charge in [-0.15, -0.1) is 0 Å². The molecule has 2 aliphatic heterocycles. The molecule has 0 aliphatic carbocycles. The van der Waals surface area contributed by atoms with Crippen LogP contribution in [0.15, 0.2) is 18.2 Å². The fourth-order valence-corrected chi connectivity index (χ4v) is 3.42. The zero-order chi connectivity index (χ0) is 14.3. The van der Waals surface area contributed by atoms with E-state index in [9.17, 15) is 4.79 Å². The van der Waals surface area contributed by atoms with Gasteiger partial charge in [-0.1, -0.05) is 6.92 Å². The first-order chi connectivity index (χ1) is 9.58. The molecule has 1 aromatic rings. The number of hydrogen-bond donors (Lipinski definition) is 0. The number of rotatable bonds is 2. The predicted molar refractivity (Wildman–Crippen MR) is 77.3 cm³/mol. The topological polar surface area (TPSA) is 35.5 Å².